The van der Waals surface area contributed by atoms with Crippen LogP contribution in [0.15, 0.2) is 0 Å². The van der Waals surface area contributed by atoms with Crippen LogP contribution in [0.2, 0.25) is 0 Å². The maximum atomic E-state index is 9.52. The second-order valence-corrected chi connectivity index (χ2v) is 3.87. The number of ether oxygens (including phenoxy) is 3. The molecule has 4 nitrogen and oxygen atoms in total. The van der Waals surface area contributed by atoms with Gasteiger partial charge in [0.25, 0.3) is 0 Å². The van der Waals surface area contributed by atoms with E-state index in [1.165, 1.54) is 0 Å². The minimum absolute atomic E-state index is 0.108. The van der Waals surface area contributed by atoms with Crippen molar-refractivity contribution < 1.29 is 19.3 Å². The number of fused-ring (bicyclic) bond motifs is 1. The molecule has 0 saturated carbocycles. The van der Waals surface area contributed by atoms with Crippen LogP contribution >= 0.6 is 0 Å². The molecule has 1 N–H and O–H groups in total. The minimum Gasteiger partial charge on any atom is -0.388 e. The van der Waals surface area contributed by atoms with E-state index in [0.29, 0.717) is 13.2 Å². The summed E-state index contributed by atoms with van der Waals surface area (Å²) in [5.41, 5.74) is 0. The smallest absolute Gasteiger partial charge is 0.116 e. The Labute approximate surface area is 89.5 Å². The second-order valence-electron chi connectivity index (χ2n) is 3.87. The average Bonchev–Trinajstić information content (AvgIpc) is 2.72. The molecular weight excluding hydrogens is 196 g/mol. The lowest BCUT2D eigenvalue weighted by molar-refractivity contribution is -0.0502. The van der Waals surface area contributed by atoms with Gasteiger partial charge in [0.05, 0.1) is 13.2 Å². The van der Waals surface area contributed by atoms with Crippen LogP contribution in [0, 0.1) is 11.8 Å². The predicted molar refractivity (Wildman–Crippen MR) is 53.3 cm³/mol. The molecule has 0 bridgehead atoms. The van der Waals surface area contributed by atoms with Crippen molar-refractivity contribution in [3.8, 4) is 11.8 Å². The Morgan fingerprint density at radius 2 is 2.07 bits per heavy atom. The van der Waals surface area contributed by atoms with Gasteiger partial charge in [-0.15, -0.1) is 5.92 Å². The summed E-state index contributed by atoms with van der Waals surface area (Å²) >= 11 is 0. The highest BCUT2D eigenvalue weighted by Gasteiger charge is 2.48. The molecule has 2 saturated heterocycles. The topological polar surface area (TPSA) is 47.9 Å². The summed E-state index contributed by atoms with van der Waals surface area (Å²) in [5.74, 6) is 5.72. The number of aliphatic hydroxyl groups is 1. The largest absolute Gasteiger partial charge is 0.388 e. The first-order valence-electron chi connectivity index (χ1n) is 5.21. The Morgan fingerprint density at radius 1 is 1.33 bits per heavy atom. The zero-order chi connectivity index (χ0) is 10.8. The van der Waals surface area contributed by atoms with Crippen LogP contribution in [0.3, 0.4) is 0 Å². The summed E-state index contributed by atoms with van der Waals surface area (Å²) in [6.45, 7) is 4.49. The Hall–Kier alpha value is -0.600. The van der Waals surface area contributed by atoms with Crippen molar-refractivity contribution in [2.75, 3.05) is 13.2 Å². The first kappa shape index (κ1) is 10.9. The summed E-state index contributed by atoms with van der Waals surface area (Å²) < 4.78 is 16.5. The monoisotopic (exact) mass is 212 g/mol. The van der Waals surface area contributed by atoms with Crippen LogP contribution < -0.4 is 0 Å². The van der Waals surface area contributed by atoms with Gasteiger partial charge in [0.2, 0.25) is 0 Å². The molecule has 0 radical (unpaired) electrons. The van der Waals surface area contributed by atoms with E-state index in [1.54, 1.807) is 6.92 Å². The summed E-state index contributed by atoms with van der Waals surface area (Å²) in [5, 5.41) is 9.52. The maximum absolute atomic E-state index is 9.52. The minimum atomic E-state index is -0.517. The van der Waals surface area contributed by atoms with Gasteiger partial charge in [-0.25, -0.2) is 0 Å². The van der Waals surface area contributed by atoms with E-state index in [9.17, 15) is 5.11 Å². The molecule has 0 aromatic rings. The fourth-order valence-electron chi connectivity index (χ4n) is 2.06. The summed E-state index contributed by atoms with van der Waals surface area (Å²) in [4.78, 5) is 0. The molecule has 0 aromatic heterocycles. The van der Waals surface area contributed by atoms with Gasteiger partial charge in [-0.3, -0.25) is 0 Å². The zero-order valence-corrected chi connectivity index (χ0v) is 8.97. The molecule has 0 amide bonds. The highest BCUT2D eigenvalue weighted by Crippen LogP contribution is 2.29. The van der Waals surface area contributed by atoms with Crippen molar-refractivity contribution in [2.24, 2.45) is 0 Å². The quantitative estimate of drug-likeness (QED) is 0.652. The number of aliphatic hydroxyl groups excluding tert-OH is 1. The van der Waals surface area contributed by atoms with Crippen molar-refractivity contribution in [3.05, 3.63) is 0 Å². The summed E-state index contributed by atoms with van der Waals surface area (Å²) in [7, 11) is 0. The molecular formula is C11H16O4. The molecule has 84 valence electrons. The first-order chi connectivity index (χ1) is 7.22. The zero-order valence-electron chi connectivity index (χ0n) is 8.97. The van der Waals surface area contributed by atoms with Crippen molar-refractivity contribution in [2.45, 2.75) is 44.4 Å². The van der Waals surface area contributed by atoms with Gasteiger partial charge in [-0.1, -0.05) is 5.92 Å². The Balaban J connectivity index is 1.91. The van der Waals surface area contributed by atoms with E-state index in [2.05, 4.69) is 11.8 Å². The van der Waals surface area contributed by atoms with Gasteiger partial charge in [0.1, 0.15) is 30.5 Å². The molecule has 0 aliphatic carbocycles. The first-order valence-corrected chi connectivity index (χ1v) is 5.21. The number of rotatable bonds is 2. The highest BCUT2D eigenvalue weighted by molar-refractivity contribution is 5.02. The fourth-order valence-corrected chi connectivity index (χ4v) is 2.06. The van der Waals surface area contributed by atoms with Crippen molar-refractivity contribution in [1.82, 2.24) is 0 Å². The third-order valence-corrected chi connectivity index (χ3v) is 2.71. The molecule has 0 spiro atoms. The van der Waals surface area contributed by atoms with Crippen LogP contribution in [-0.4, -0.2) is 48.8 Å². The third-order valence-electron chi connectivity index (χ3n) is 2.71. The van der Waals surface area contributed by atoms with Crippen molar-refractivity contribution >= 4 is 0 Å². The Bertz CT molecular complexity index is 280. The molecule has 5 atom stereocenters. The Morgan fingerprint density at radius 3 is 2.80 bits per heavy atom. The second kappa shape index (κ2) is 4.50. The standard InChI is InChI=1S/C11H16O4/c1-3-4-7(2)15-9-6-14-10-8(12)5-13-11(9)10/h7-12H,5-6H2,1-2H3. The fraction of sp³-hybridized carbons (Fsp3) is 0.818. The lowest BCUT2D eigenvalue weighted by atomic mass is 10.1. The van der Waals surface area contributed by atoms with Gasteiger partial charge in [0, 0.05) is 0 Å². The van der Waals surface area contributed by atoms with Crippen molar-refractivity contribution in [3.63, 3.8) is 0 Å². The molecule has 2 rings (SSSR count). The van der Waals surface area contributed by atoms with Gasteiger partial charge < -0.3 is 19.3 Å². The molecule has 2 aliphatic rings. The van der Waals surface area contributed by atoms with Gasteiger partial charge in [0.15, 0.2) is 0 Å². The molecule has 4 heteroatoms. The number of hydrogen-bond donors (Lipinski definition) is 1. The van der Waals surface area contributed by atoms with Crippen LogP contribution in [0.4, 0.5) is 0 Å². The van der Waals surface area contributed by atoms with E-state index in [4.69, 9.17) is 14.2 Å². The molecule has 2 heterocycles. The van der Waals surface area contributed by atoms with E-state index in [1.807, 2.05) is 6.92 Å². The molecule has 15 heavy (non-hydrogen) atoms. The number of hydrogen-bond acceptors (Lipinski definition) is 4. The van der Waals surface area contributed by atoms with Crippen LogP contribution in [0.1, 0.15) is 13.8 Å². The van der Waals surface area contributed by atoms with Crippen LogP contribution in [0.5, 0.6) is 0 Å². The van der Waals surface area contributed by atoms with E-state index in [-0.39, 0.29) is 24.4 Å². The van der Waals surface area contributed by atoms with E-state index < -0.39 is 6.10 Å². The van der Waals surface area contributed by atoms with Gasteiger partial charge in [-0.05, 0) is 13.8 Å². The maximum Gasteiger partial charge on any atom is 0.116 e. The third kappa shape index (κ3) is 2.16. The lowest BCUT2D eigenvalue weighted by Crippen LogP contribution is -2.34. The van der Waals surface area contributed by atoms with E-state index in [0.717, 1.165) is 0 Å². The average molecular weight is 212 g/mol. The molecule has 0 aromatic carbocycles. The van der Waals surface area contributed by atoms with Gasteiger partial charge >= 0.3 is 0 Å². The van der Waals surface area contributed by atoms with Gasteiger partial charge in [-0.2, -0.15) is 0 Å². The molecule has 2 aliphatic heterocycles. The normalized spacial score (nSPS) is 40.7. The Kier molecular flexibility index (Phi) is 3.27. The predicted octanol–water partition coefficient (Wildman–Crippen LogP) is -0.0581. The molecule has 5 unspecified atom stereocenters. The highest BCUT2D eigenvalue weighted by atomic mass is 16.6. The van der Waals surface area contributed by atoms with E-state index >= 15 is 0 Å². The lowest BCUT2D eigenvalue weighted by Gasteiger charge is -2.18. The van der Waals surface area contributed by atoms with Crippen LogP contribution in [-0.2, 0) is 14.2 Å². The SMILES string of the molecule is CC#CC(C)OC1COC2C(O)COC12. The van der Waals surface area contributed by atoms with Crippen LogP contribution in [0.25, 0.3) is 0 Å². The molecule has 2 fully saturated rings. The summed E-state index contributed by atoms with van der Waals surface area (Å²) in [6.07, 6.45) is -1.11. The summed E-state index contributed by atoms with van der Waals surface area (Å²) in [6, 6.07) is 0. The van der Waals surface area contributed by atoms with Crippen molar-refractivity contribution in [1.29, 1.82) is 0 Å².